The normalized spacial score (nSPS) is 10.6. The molecule has 0 fully saturated rings. The molecular weight excluding hydrogens is 366 g/mol. The van der Waals surface area contributed by atoms with Gasteiger partial charge in [-0.1, -0.05) is 25.1 Å². The monoisotopic (exact) mass is 391 g/mol. The SMILES string of the molecule is CCCNC(=O)CN(C)C(=O)c1cc(-c2ccc(OC)cc2)nc2ccccc12. The zero-order valence-electron chi connectivity index (χ0n) is 16.9. The summed E-state index contributed by atoms with van der Waals surface area (Å²) in [5.41, 5.74) is 2.83. The summed E-state index contributed by atoms with van der Waals surface area (Å²) in [6.07, 6.45) is 0.851. The zero-order chi connectivity index (χ0) is 20.8. The number of rotatable bonds is 7. The zero-order valence-corrected chi connectivity index (χ0v) is 16.9. The second-order valence-corrected chi connectivity index (χ2v) is 6.81. The van der Waals surface area contributed by atoms with Crippen LogP contribution in [0.3, 0.4) is 0 Å². The van der Waals surface area contributed by atoms with Crippen LogP contribution in [0.2, 0.25) is 0 Å². The van der Waals surface area contributed by atoms with E-state index in [1.165, 1.54) is 4.90 Å². The number of carbonyl (C=O) groups is 2. The second-order valence-electron chi connectivity index (χ2n) is 6.81. The fraction of sp³-hybridized carbons (Fsp3) is 0.261. The molecule has 0 saturated heterocycles. The summed E-state index contributed by atoms with van der Waals surface area (Å²) in [5.74, 6) is 0.366. The van der Waals surface area contributed by atoms with Gasteiger partial charge in [-0.2, -0.15) is 0 Å². The number of carbonyl (C=O) groups excluding carboxylic acids is 2. The van der Waals surface area contributed by atoms with Crippen LogP contribution in [0.4, 0.5) is 0 Å². The van der Waals surface area contributed by atoms with Gasteiger partial charge in [-0.25, -0.2) is 4.98 Å². The molecular formula is C23H25N3O3. The standard InChI is InChI=1S/C23H25N3O3/c1-4-13-24-22(27)15-26(2)23(28)19-14-21(16-9-11-17(29-3)12-10-16)25-20-8-6-5-7-18(19)20/h5-12,14H,4,13,15H2,1-3H3,(H,24,27). The van der Waals surface area contributed by atoms with Gasteiger partial charge in [0.1, 0.15) is 5.75 Å². The number of aromatic nitrogens is 1. The number of hydrogen-bond acceptors (Lipinski definition) is 4. The molecule has 1 aromatic heterocycles. The predicted molar refractivity (Wildman–Crippen MR) is 114 cm³/mol. The molecule has 0 bridgehead atoms. The number of ether oxygens (including phenoxy) is 1. The van der Waals surface area contributed by atoms with Crippen molar-refractivity contribution < 1.29 is 14.3 Å². The van der Waals surface area contributed by atoms with Gasteiger partial charge in [-0.05, 0) is 42.8 Å². The lowest BCUT2D eigenvalue weighted by Gasteiger charge is -2.18. The van der Waals surface area contributed by atoms with E-state index in [0.717, 1.165) is 28.6 Å². The Bertz CT molecular complexity index is 1020. The summed E-state index contributed by atoms with van der Waals surface area (Å²) in [5, 5.41) is 3.56. The minimum Gasteiger partial charge on any atom is -0.497 e. The molecule has 0 radical (unpaired) electrons. The van der Waals surface area contributed by atoms with E-state index >= 15 is 0 Å². The summed E-state index contributed by atoms with van der Waals surface area (Å²) >= 11 is 0. The quantitative estimate of drug-likeness (QED) is 0.669. The number of fused-ring (bicyclic) bond motifs is 1. The number of benzene rings is 2. The summed E-state index contributed by atoms with van der Waals surface area (Å²) in [4.78, 5) is 31.3. The third-order valence-corrected chi connectivity index (χ3v) is 4.63. The highest BCUT2D eigenvalue weighted by Crippen LogP contribution is 2.27. The van der Waals surface area contributed by atoms with Gasteiger partial charge in [0.15, 0.2) is 0 Å². The number of nitrogens with zero attached hydrogens (tertiary/aromatic N) is 2. The average Bonchev–Trinajstić information content (AvgIpc) is 2.76. The smallest absolute Gasteiger partial charge is 0.254 e. The van der Waals surface area contributed by atoms with Crippen molar-refractivity contribution in [3.8, 4) is 17.0 Å². The van der Waals surface area contributed by atoms with E-state index in [0.29, 0.717) is 17.8 Å². The maximum atomic E-state index is 13.2. The van der Waals surface area contributed by atoms with Gasteiger partial charge in [0.2, 0.25) is 5.91 Å². The maximum Gasteiger partial charge on any atom is 0.254 e. The topological polar surface area (TPSA) is 71.5 Å². The second kappa shape index (κ2) is 9.19. The Kier molecular flexibility index (Phi) is 6.44. The molecule has 0 spiro atoms. The largest absolute Gasteiger partial charge is 0.497 e. The van der Waals surface area contributed by atoms with Crippen LogP contribution in [-0.4, -0.2) is 48.9 Å². The summed E-state index contributed by atoms with van der Waals surface area (Å²) in [7, 11) is 3.25. The Morgan fingerprint density at radius 1 is 1.10 bits per heavy atom. The molecule has 3 aromatic rings. The summed E-state index contributed by atoms with van der Waals surface area (Å²) in [6, 6.07) is 16.8. The lowest BCUT2D eigenvalue weighted by molar-refractivity contribution is -0.121. The van der Waals surface area contributed by atoms with Crippen LogP contribution in [-0.2, 0) is 4.79 Å². The molecule has 2 aromatic carbocycles. The number of amides is 2. The Morgan fingerprint density at radius 3 is 2.52 bits per heavy atom. The Balaban J connectivity index is 1.97. The lowest BCUT2D eigenvalue weighted by atomic mass is 10.0. The van der Waals surface area contributed by atoms with Crippen LogP contribution in [0.1, 0.15) is 23.7 Å². The highest BCUT2D eigenvalue weighted by atomic mass is 16.5. The number of likely N-dealkylation sites (N-methyl/N-ethyl adjacent to an activating group) is 1. The van der Waals surface area contributed by atoms with E-state index in [2.05, 4.69) is 5.32 Å². The molecule has 0 aliphatic heterocycles. The number of nitrogens with one attached hydrogen (secondary N) is 1. The van der Waals surface area contributed by atoms with Crippen LogP contribution in [0, 0.1) is 0 Å². The highest BCUT2D eigenvalue weighted by Gasteiger charge is 2.19. The first-order chi connectivity index (χ1) is 14.0. The fourth-order valence-corrected chi connectivity index (χ4v) is 3.08. The first kappa shape index (κ1) is 20.3. The van der Waals surface area contributed by atoms with Gasteiger partial charge >= 0.3 is 0 Å². The molecule has 3 rings (SSSR count). The van der Waals surface area contributed by atoms with Crippen molar-refractivity contribution in [3.63, 3.8) is 0 Å². The van der Waals surface area contributed by atoms with Gasteiger partial charge < -0.3 is 15.0 Å². The molecule has 1 N–H and O–H groups in total. The number of para-hydroxylation sites is 1. The highest BCUT2D eigenvalue weighted by molar-refractivity contribution is 6.07. The van der Waals surface area contributed by atoms with Crippen molar-refractivity contribution in [1.29, 1.82) is 0 Å². The average molecular weight is 391 g/mol. The Labute approximate surface area is 170 Å². The fourth-order valence-electron chi connectivity index (χ4n) is 3.08. The molecule has 0 aliphatic rings. The molecule has 0 unspecified atom stereocenters. The molecule has 0 saturated carbocycles. The molecule has 0 aliphatic carbocycles. The summed E-state index contributed by atoms with van der Waals surface area (Å²) in [6.45, 7) is 2.59. The maximum absolute atomic E-state index is 13.2. The van der Waals surface area contributed by atoms with Crippen LogP contribution in [0.25, 0.3) is 22.2 Å². The molecule has 6 nitrogen and oxygen atoms in total. The van der Waals surface area contributed by atoms with Gasteiger partial charge in [0.25, 0.3) is 5.91 Å². The molecule has 2 amide bonds. The van der Waals surface area contributed by atoms with E-state index in [4.69, 9.17) is 9.72 Å². The van der Waals surface area contributed by atoms with E-state index in [9.17, 15) is 9.59 Å². The first-order valence-corrected chi connectivity index (χ1v) is 9.60. The van der Waals surface area contributed by atoms with Crippen molar-refractivity contribution in [3.05, 3.63) is 60.2 Å². The number of methoxy groups -OCH3 is 1. The third-order valence-electron chi connectivity index (χ3n) is 4.63. The predicted octanol–water partition coefficient (Wildman–Crippen LogP) is 3.51. The van der Waals surface area contributed by atoms with Gasteiger partial charge in [0, 0.05) is 24.5 Å². The van der Waals surface area contributed by atoms with Crippen LogP contribution < -0.4 is 10.1 Å². The molecule has 1 heterocycles. The minimum absolute atomic E-state index is 0.00729. The van der Waals surface area contributed by atoms with Crippen molar-refractivity contribution in [2.24, 2.45) is 0 Å². The van der Waals surface area contributed by atoms with Crippen molar-refractivity contribution in [2.75, 3.05) is 27.2 Å². The first-order valence-electron chi connectivity index (χ1n) is 9.60. The van der Waals surface area contributed by atoms with Crippen LogP contribution in [0.15, 0.2) is 54.6 Å². The van der Waals surface area contributed by atoms with Crippen molar-refractivity contribution in [1.82, 2.24) is 15.2 Å². The molecule has 0 atom stereocenters. The Hall–Kier alpha value is -3.41. The van der Waals surface area contributed by atoms with Gasteiger partial charge in [-0.3, -0.25) is 9.59 Å². The van der Waals surface area contributed by atoms with Crippen molar-refractivity contribution >= 4 is 22.7 Å². The van der Waals surface area contributed by atoms with Crippen LogP contribution >= 0.6 is 0 Å². The summed E-state index contributed by atoms with van der Waals surface area (Å²) < 4.78 is 5.21. The van der Waals surface area contributed by atoms with E-state index in [1.54, 1.807) is 20.2 Å². The Morgan fingerprint density at radius 2 is 1.83 bits per heavy atom. The van der Waals surface area contributed by atoms with E-state index in [-0.39, 0.29) is 18.4 Å². The lowest BCUT2D eigenvalue weighted by Crippen LogP contribution is -2.38. The van der Waals surface area contributed by atoms with Gasteiger partial charge in [0.05, 0.1) is 30.4 Å². The molecule has 150 valence electrons. The van der Waals surface area contributed by atoms with Crippen LogP contribution in [0.5, 0.6) is 5.75 Å². The van der Waals surface area contributed by atoms with Gasteiger partial charge in [-0.15, -0.1) is 0 Å². The number of hydrogen-bond donors (Lipinski definition) is 1. The van der Waals surface area contributed by atoms with Crippen molar-refractivity contribution in [2.45, 2.75) is 13.3 Å². The van der Waals surface area contributed by atoms with E-state index in [1.807, 2.05) is 55.5 Å². The third kappa shape index (κ3) is 4.71. The minimum atomic E-state index is -0.218. The molecule has 6 heteroatoms. The molecule has 29 heavy (non-hydrogen) atoms. The van der Waals surface area contributed by atoms with E-state index < -0.39 is 0 Å². The number of pyridine rings is 1.